The normalized spacial score (nSPS) is 19.0. The largest absolute Gasteiger partial charge is 0.352 e. The Labute approximate surface area is 195 Å². The molecule has 2 aliphatic rings. The van der Waals surface area contributed by atoms with Gasteiger partial charge in [-0.2, -0.15) is 0 Å². The zero-order valence-electron chi connectivity index (χ0n) is 19.1. The summed E-state index contributed by atoms with van der Waals surface area (Å²) in [5, 5.41) is 3.10. The average molecular weight is 470 g/mol. The number of likely N-dealkylation sites (tertiary alicyclic amines) is 1. The summed E-state index contributed by atoms with van der Waals surface area (Å²) in [5.74, 6) is -0.342. The predicted octanol–water partition coefficient (Wildman–Crippen LogP) is 3.77. The molecule has 176 valence electrons. The summed E-state index contributed by atoms with van der Waals surface area (Å²) in [6.07, 6.45) is 5.66. The molecule has 33 heavy (non-hydrogen) atoms. The third-order valence-electron chi connectivity index (χ3n) is 6.50. The van der Waals surface area contributed by atoms with Gasteiger partial charge in [-0.25, -0.2) is 8.42 Å². The first-order valence-corrected chi connectivity index (χ1v) is 13.0. The molecule has 0 spiro atoms. The first-order valence-electron chi connectivity index (χ1n) is 11.6. The molecule has 1 heterocycles. The minimum Gasteiger partial charge on any atom is -0.352 e. The van der Waals surface area contributed by atoms with E-state index in [2.05, 4.69) is 10.0 Å². The van der Waals surface area contributed by atoms with E-state index in [0.717, 1.165) is 37.7 Å². The highest BCUT2D eigenvalue weighted by molar-refractivity contribution is 7.92. The summed E-state index contributed by atoms with van der Waals surface area (Å²) in [5.41, 5.74) is 2.31. The Bertz CT molecular complexity index is 1160. The average Bonchev–Trinajstić information content (AvgIpc) is 3.45. The summed E-state index contributed by atoms with van der Waals surface area (Å²) >= 11 is 0. The second kappa shape index (κ2) is 9.55. The van der Waals surface area contributed by atoms with Crippen molar-refractivity contribution in [2.45, 2.75) is 69.4 Å². The monoisotopic (exact) mass is 469 g/mol. The highest BCUT2D eigenvalue weighted by atomic mass is 32.2. The lowest BCUT2D eigenvalue weighted by molar-refractivity contribution is -0.125. The first-order chi connectivity index (χ1) is 15.7. The number of nitrogens with zero attached hydrogens (tertiary/aromatic N) is 1. The fourth-order valence-corrected chi connectivity index (χ4v) is 6.12. The van der Waals surface area contributed by atoms with Crippen LogP contribution in [0.5, 0.6) is 0 Å². The van der Waals surface area contributed by atoms with E-state index < -0.39 is 16.1 Å². The van der Waals surface area contributed by atoms with Gasteiger partial charge in [-0.3, -0.25) is 14.3 Å². The van der Waals surface area contributed by atoms with Crippen LogP contribution in [0.2, 0.25) is 0 Å². The molecule has 2 fully saturated rings. The van der Waals surface area contributed by atoms with Crippen molar-refractivity contribution < 1.29 is 18.0 Å². The molecule has 1 atom stereocenters. The molecule has 1 aliphatic carbocycles. The predicted molar refractivity (Wildman–Crippen MR) is 128 cm³/mol. The first kappa shape index (κ1) is 23.3. The maximum absolute atomic E-state index is 13.2. The molecule has 0 aromatic heterocycles. The second-order valence-electron chi connectivity index (χ2n) is 9.10. The number of aryl methyl sites for hydroxylation is 2. The number of anilines is 1. The van der Waals surface area contributed by atoms with Gasteiger partial charge in [0.2, 0.25) is 5.91 Å². The molecule has 8 heteroatoms. The number of carbonyl (C=O) groups is 2. The van der Waals surface area contributed by atoms with Crippen LogP contribution in [0, 0.1) is 13.8 Å². The number of sulfonamides is 1. The SMILES string of the molecule is Cc1ccc(S(=O)(=O)Nc2cccc(C(=O)N3CCC[C@H]3C(=O)NC3CCCC3)c2)c(C)c1. The van der Waals surface area contributed by atoms with Gasteiger partial charge in [-0.1, -0.05) is 36.6 Å². The van der Waals surface area contributed by atoms with Crippen LogP contribution in [0.15, 0.2) is 47.4 Å². The number of hydrogen-bond donors (Lipinski definition) is 2. The summed E-state index contributed by atoms with van der Waals surface area (Å²) in [4.78, 5) is 27.9. The fraction of sp³-hybridized carbons (Fsp3) is 0.440. The molecule has 0 bridgehead atoms. The van der Waals surface area contributed by atoms with Gasteiger partial charge in [-0.15, -0.1) is 0 Å². The molecule has 1 saturated heterocycles. The lowest BCUT2D eigenvalue weighted by Gasteiger charge is -2.25. The molecule has 2 amide bonds. The number of nitrogens with one attached hydrogen (secondary N) is 2. The van der Waals surface area contributed by atoms with Gasteiger partial charge in [0, 0.05) is 23.8 Å². The van der Waals surface area contributed by atoms with Gasteiger partial charge < -0.3 is 10.2 Å². The molecule has 7 nitrogen and oxygen atoms in total. The summed E-state index contributed by atoms with van der Waals surface area (Å²) in [6.45, 7) is 4.18. The van der Waals surface area contributed by atoms with Gasteiger partial charge >= 0.3 is 0 Å². The maximum Gasteiger partial charge on any atom is 0.262 e. The number of hydrogen-bond acceptors (Lipinski definition) is 4. The third-order valence-corrected chi connectivity index (χ3v) is 8.04. The van der Waals surface area contributed by atoms with E-state index in [4.69, 9.17) is 0 Å². The summed E-state index contributed by atoms with van der Waals surface area (Å²) in [7, 11) is -3.80. The lowest BCUT2D eigenvalue weighted by Crippen LogP contribution is -2.48. The van der Waals surface area contributed by atoms with Crippen molar-refractivity contribution in [2.75, 3.05) is 11.3 Å². The Balaban J connectivity index is 1.49. The Hall–Kier alpha value is -2.87. The number of amides is 2. The van der Waals surface area contributed by atoms with Crippen LogP contribution in [0.4, 0.5) is 5.69 Å². The standard InChI is InChI=1S/C25H31N3O4S/c1-17-12-13-23(18(2)15-17)33(31,32)27-21-10-5-7-19(16-21)25(30)28-14-6-11-22(28)24(29)26-20-8-3-4-9-20/h5,7,10,12-13,15-16,20,22,27H,3-4,6,8-9,11,14H2,1-2H3,(H,26,29)/t22-/m0/s1. The summed E-state index contributed by atoms with van der Waals surface area (Å²) < 4.78 is 28.4. The van der Waals surface area contributed by atoms with E-state index in [0.29, 0.717) is 29.8 Å². The van der Waals surface area contributed by atoms with Crippen molar-refractivity contribution in [3.63, 3.8) is 0 Å². The van der Waals surface area contributed by atoms with E-state index in [9.17, 15) is 18.0 Å². The Morgan fingerprint density at radius 1 is 0.970 bits per heavy atom. The smallest absolute Gasteiger partial charge is 0.262 e. The topological polar surface area (TPSA) is 95.6 Å². The van der Waals surface area contributed by atoms with E-state index in [1.54, 1.807) is 42.2 Å². The van der Waals surface area contributed by atoms with Crippen LogP contribution >= 0.6 is 0 Å². The quantitative estimate of drug-likeness (QED) is 0.673. The van der Waals surface area contributed by atoms with E-state index >= 15 is 0 Å². The molecule has 2 aromatic carbocycles. The molecule has 2 N–H and O–H groups in total. The Morgan fingerprint density at radius 2 is 1.73 bits per heavy atom. The van der Waals surface area contributed by atoms with Crippen LogP contribution in [0.3, 0.4) is 0 Å². The molecule has 4 rings (SSSR count). The molecule has 0 radical (unpaired) electrons. The van der Waals surface area contributed by atoms with Gasteiger partial charge in [0.15, 0.2) is 0 Å². The van der Waals surface area contributed by atoms with Crippen LogP contribution in [0.25, 0.3) is 0 Å². The van der Waals surface area contributed by atoms with Crippen molar-refractivity contribution >= 4 is 27.5 Å². The van der Waals surface area contributed by atoms with Gasteiger partial charge in [0.05, 0.1) is 4.90 Å². The van der Waals surface area contributed by atoms with Crippen LogP contribution in [-0.2, 0) is 14.8 Å². The molecule has 1 aliphatic heterocycles. The fourth-order valence-electron chi connectivity index (χ4n) is 4.84. The van der Waals surface area contributed by atoms with Crippen molar-refractivity contribution in [1.29, 1.82) is 0 Å². The van der Waals surface area contributed by atoms with E-state index in [1.807, 2.05) is 13.0 Å². The number of carbonyl (C=O) groups excluding carboxylic acids is 2. The van der Waals surface area contributed by atoms with Gasteiger partial charge in [-0.05, 0) is 69.4 Å². The molecule has 2 aromatic rings. The minimum absolute atomic E-state index is 0.0838. The number of rotatable bonds is 6. The highest BCUT2D eigenvalue weighted by Gasteiger charge is 2.35. The van der Waals surface area contributed by atoms with Crippen LogP contribution < -0.4 is 10.0 Å². The Kier molecular flexibility index (Phi) is 6.74. The molecular weight excluding hydrogens is 438 g/mol. The van der Waals surface area contributed by atoms with Gasteiger partial charge in [0.25, 0.3) is 15.9 Å². The van der Waals surface area contributed by atoms with E-state index in [1.165, 1.54) is 6.07 Å². The molecule has 0 unspecified atom stereocenters. The number of benzene rings is 2. The zero-order valence-corrected chi connectivity index (χ0v) is 20.0. The van der Waals surface area contributed by atoms with E-state index in [-0.39, 0.29) is 22.8 Å². The highest BCUT2D eigenvalue weighted by Crippen LogP contribution is 2.25. The Morgan fingerprint density at radius 3 is 2.45 bits per heavy atom. The van der Waals surface area contributed by atoms with Gasteiger partial charge in [0.1, 0.15) is 6.04 Å². The summed E-state index contributed by atoms with van der Waals surface area (Å²) in [6, 6.07) is 11.3. The molecular formula is C25H31N3O4S. The van der Waals surface area contributed by atoms with Crippen molar-refractivity contribution in [1.82, 2.24) is 10.2 Å². The zero-order chi connectivity index (χ0) is 23.6. The van der Waals surface area contributed by atoms with Crippen LogP contribution in [-0.4, -0.2) is 43.8 Å². The minimum atomic E-state index is -3.80. The van der Waals surface area contributed by atoms with Crippen molar-refractivity contribution in [3.05, 3.63) is 59.2 Å². The van der Waals surface area contributed by atoms with Crippen molar-refractivity contribution in [2.24, 2.45) is 0 Å². The third kappa shape index (κ3) is 5.21. The van der Waals surface area contributed by atoms with Crippen LogP contribution in [0.1, 0.15) is 60.0 Å². The van der Waals surface area contributed by atoms with Crippen molar-refractivity contribution in [3.8, 4) is 0 Å². The lowest BCUT2D eigenvalue weighted by atomic mass is 10.1. The maximum atomic E-state index is 13.2. The molecule has 1 saturated carbocycles. The second-order valence-corrected chi connectivity index (χ2v) is 10.8.